The van der Waals surface area contributed by atoms with Crippen molar-refractivity contribution in [1.29, 1.82) is 0 Å². The zero-order valence-corrected chi connectivity index (χ0v) is 9.20. The van der Waals surface area contributed by atoms with Crippen LogP contribution in [0.4, 0.5) is 5.13 Å². The Morgan fingerprint density at radius 2 is 1.87 bits per heavy atom. The van der Waals surface area contributed by atoms with E-state index in [0.29, 0.717) is 5.13 Å². The molecule has 0 radical (unpaired) electrons. The Hall–Kier alpha value is -1.42. The SMILES string of the molecule is Nc1nnc(CCCc2ccccc2)s1. The minimum Gasteiger partial charge on any atom is -0.374 e. The molecule has 2 N–H and O–H groups in total. The number of nitrogen functional groups attached to an aromatic ring is 1. The van der Waals surface area contributed by atoms with Crippen molar-refractivity contribution in [1.82, 2.24) is 10.2 Å². The fraction of sp³-hybridized carbons (Fsp3) is 0.273. The van der Waals surface area contributed by atoms with Crippen LogP contribution in [0.1, 0.15) is 17.0 Å². The van der Waals surface area contributed by atoms with Crippen LogP contribution in [0.15, 0.2) is 30.3 Å². The Morgan fingerprint density at radius 1 is 1.07 bits per heavy atom. The Labute approximate surface area is 93.0 Å². The minimum atomic E-state index is 0.560. The molecule has 78 valence electrons. The van der Waals surface area contributed by atoms with Crippen LogP contribution in [0, 0.1) is 0 Å². The summed E-state index contributed by atoms with van der Waals surface area (Å²) >= 11 is 1.48. The predicted molar refractivity (Wildman–Crippen MR) is 62.8 cm³/mol. The summed E-state index contributed by atoms with van der Waals surface area (Å²) in [4.78, 5) is 0. The summed E-state index contributed by atoms with van der Waals surface area (Å²) in [5.74, 6) is 0. The summed E-state index contributed by atoms with van der Waals surface area (Å²) in [6.45, 7) is 0. The third-order valence-electron chi connectivity index (χ3n) is 2.18. The summed E-state index contributed by atoms with van der Waals surface area (Å²) in [6.07, 6.45) is 3.14. The standard InChI is InChI=1S/C11H13N3S/c12-11-14-13-10(15-11)8-4-7-9-5-2-1-3-6-9/h1-3,5-6H,4,7-8H2,(H2,12,14). The second-order valence-corrected chi connectivity index (χ2v) is 4.47. The van der Waals surface area contributed by atoms with Crippen LogP contribution >= 0.6 is 11.3 Å². The van der Waals surface area contributed by atoms with Crippen molar-refractivity contribution in [3.8, 4) is 0 Å². The molecule has 1 heterocycles. The van der Waals surface area contributed by atoms with Gasteiger partial charge < -0.3 is 5.73 Å². The number of hydrogen-bond donors (Lipinski definition) is 1. The van der Waals surface area contributed by atoms with Crippen molar-refractivity contribution in [2.75, 3.05) is 5.73 Å². The van der Waals surface area contributed by atoms with Crippen molar-refractivity contribution in [3.05, 3.63) is 40.9 Å². The van der Waals surface area contributed by atoms with E-state index < -0.39 is 0 Å². The van der Waals surface area contributed by atoms with Crippen molar-refractivity contribution in [2.45, 2.75) is 19.3 Å². The average molecular weight is 219 g/mol. The molecule has 0 aliphatic carbocycles. The second kappa shape index (κ2) is 4.89. The van der Waals surface area contributed by atoms with E-state index in [-0.39, 0.29) is 0 Å². The molecule has 0 amide bonds. The molecule has 2 aromatic rings. The van der Waals surface area contributed by atoms with Crippen LogP contribution in [-0.2, 0) is 12.8 Å². The van der Waals surface area contributed by atoms with Crippen molar-refractivity contribution in [2.24, 2.45) is 0 Å². The normalized spacial score (nSPS) is 10.4. The van der Waals surface area contributed by atoms with Gasteiger partial charge >= 0.3 is 0 Å². The molecule has 3 nitrogen and oxygen atoms in total. The van der Waals surface area contributed by atoms with Crippen LogP contribution in [0.25, 0.3) is 0 Å². The molecule has 0 bridgehead atoms. The van der Waals surface area contributed by atoms with Gasteiger partial charge in [-0.05, 0) is 18.4 Å². The number of anilines is 1. The van der Waals surface area contributed by atoms with Gasteiger partial charge in [-0.1, -0.05) is 41.7 Å². The van der Waals surface area contributed by atoms with E-state index in [2.05, 4.69) is 34.5 Å². The molecule has 2 rings (SSSR count). The zero-order valence-electron chi connectivity index (χ0n) is 8.39. The van der Waals surface area contributed by atoms with Crippen molar-refractivity contribution < 1.29 is 0 Å². The number of aromatic nitrogens is 2. The number of hydrogen-bond acceptors (Lipinski definition) is 4. The molecule has 0 saturated carbocycles. The molecule has 0 fully saturated rings. The number of nitrogens with two attached hydrogens (primary N) is 1. The van der Waals surface area contributed by atoms with E-state index in [9.17, 15) is 0 Å². The molecule has 4 heteroatoms. The smallest absolute Gasteiger partial charge is 0.203 e. The van der Waals surface area contributed by atoms with E-state index in [1.807, 2.05) is 6.07 Å². The molecular weight excluding hydrogens is 206 g/mol. The van der Waals surface area contributed by atoms with Gasteiger partial charge in [-0.3, -0.25) is 0 Å². The quantitative estimate of drug-likeness (QED) is 0.858. The van der Waals surface area contributed by atoms with Gasteiger partial charge in [-0.2, -0.15) is 0 Å². The van der Waals surface area contributed by atoms with Gasteiger partial charge in [0.2, 0.25) is 5.13 Å². The van der Waals surface area contributed by atoms with Crippen molar-refractivity contribution >= 4 is 16.5 Å². The lowest BCUT2D eigenvalue weighted by Crippen LogP contribution is -1.89. The number of rotatable bonds is 4. The van der Waals surface area contributed by atoms with E-state index in [0.717, 1.165) is 24.3 Å². The van der Waals surface area contributed by atoms with Gasteiger partial charge in [0.25, 0.3) is 0 Å². The van der Waals surface area contributed by atoms with Crippen LogP contribution in [-0.4, -0.2) is 10.2 Å². The predicted octanol–water partition coefficient (Wildman–Crippen LogP) is 2.30. The Balaban J connectivity index is 1.80. The fourth-order valence-corrected chi connectivity index (χ4v) is 2.11. The largest absolute Gasteiger partial charge is 0.374 e. The highest BCUT2D eigenvalue weighted by atomic mass is 32.1. The molecule has 0 aliphatic rings. The summed E-state index contributed by atoms with van der Waals surface area (Å²) in [5, 5.41) is 9.37. The Kier molecular flexibility index (Phi) is 3.29. The maximum Gasteiger partial charge on any atom is 0.203 e. The summed E-state index contributed by atoms with van der Waals surface area (Å²) in [5.41, 5.74) is 6.88. The zero-order chi connectivity index (χ0) is 10.5. The Bertz CT molecular complexity index is 411. The van der Waals surface area contributed by atoms with Crippen LogP contribution in [0.2, 0.25) is 0 Å². The monoisotopic (exact) mass is 219 g/mol. The summed E-state index contributed by atoms with van der Waals surface area (Å²) in [7, 11) is 0. The lowest BCUT2D eigenvalue weighted by Gasteiger charge is -1.98. The molecule has 0 aliphatic heterocycles. The number of benzene rings is 1. The third-order valence-corrected chi connectivity index (χ3v) is 2.99. The number of aryl methyl sites for hydroxylation is 2. The maximum atomic E-state index is 5.51. The van der Waals surface area contributed by atoms with Gasteiger partial charge in [0, 0.05) is 6.42 Å². The highest BCUT2D eigenvalue weighted by molar-refractivity contribution is 7.15. The van der Waals surface area contributed by atoms with Crippen LogP contribution in [0.5, 0.6) is 0 Å². The van der Waals surface area contributed by atoms with E-state index in [4.69, 9.17) is 5.73 Å². The molecule has 0 atom stereocenters. The molecule has 0 unspecified atom stereocenters. The third kappa shape index (κ3) is 3.02. The molecular formula is C11H13N3S. The van der Waals surface area contributed by atoms with E-state index in [1.54, 1.807) is 0 Å². The van der Waals surface area contributed by atoms with Gasteiger partial charge in [0.15, 0.2) is 0 Å². The Morgan fingerprint density at radius 3 is 2.53 bits per heavy atom. The average Bonchev–Trinajstić information content (AvgIpc) is 2.66. The molecule has 0 saturated heterocycles. The lowest BCUT2D eigenvalue weighted by atomic mass is 10.1. The second-order valence-electron chi connectivity index (χ2n) is 3.37. The fourth-order valence-electron chi connectivity index (χ4n) is 1.46. The van der Waals surface area contributed by atoms with Crippen molar-refractivity contribution in [3.63, 3.8) is 0 Å². The molecule has 1 aromatic carbocycles. The van der Waals surface area contributed by atoms with Gasteiger partial charge in [-0.25, -0.2) is 0 Å². The molecule has 15 heavy (non-hydrogen) atoms. The van der Waals surface area contributed by atoms with E-state index >= 15 is 0 Å². The molecule has 1 aromatic heterocycles. The maximum absolute atomic E-state index is 5.51. The van der Waals surface area contributed by atoms with Crippen LogP contribution in [0.3, 0.4) is 0 Å². The van der Waals surface area contributed by atoms with Gasteiger partial charge in [-0.15, -0.1) is 10.2 Å². The highest BCUT2D eigenvalue weighted by Crippen LogP contribution is 2.14. The lowest BCUT2D eigenvalue weighted by molar-refractivity contribution is 0.802. The first-order chi connectivity index (χ1) is 7.34. The first-order valence-electron chi connectivity index (χ1n) is 4.96. The van der Waals surface area contributed by atoms with Gasteiger partial charge in [0.05, 0.1) is 0 Å². The molecule has 0 spiro atoms. The van der Waals surface area contributed by atoms with Gasteiger partial charge in [0.1, 0.15) is 5.01 Å². The highest BCUT2D eigenvalue weighted by Gasteiger charge is 2.00. The van der Waals surface area contributed by atoms with Crippen LogP contribution < -0.4 is 5.73 Å². The first-order valence-corrected chi connectivity index (χ1v) is 5.78. The summed E-state index contributed by atoms with van der Waals surface area (Å²) in [6, 6.07) is 10.5. The summed E-state index contributed by atoms with van der Waals surface area (Å²) < 4.78 is 0. The first kappa shape index (κ1) is 10.1. The number of nitrogens with zero attached hydrogens (tertiary/aromatic N) is 2. The minimum absolute atomic E-state index is 0.560. The van der Waals surface area contributed by atoms with E-state index in [1.165, 1.54) is 16.9 Å². The topological polar surface area (TPSA) is 51.8 Å².